The number of nitrogens with zero attached hydrogens (tertiary/aromatic N) is 2. The lowest BCUT2D eigenvalue weighted by atomic mass is 10.0. The summed E-state index contributed by atoms with van der Waals surface area (Å²) in [6.45, 7) is 5.88. The summed E-state index contributed by atoms with van der Waals surface area (Å²) in [5, 5.41) is 7.91. The summed E-state index contributed by atoms with van der Waals surface area (Å²) >= 11 is 0. The number of hydrogen-bond acceptors (Lipinski definition) is 4. The van der Waals surface area contributed by atoms with Crippen LogP contribution in [0.25, 0.3) is 0 Å². The molecule has 20 heavy (non-hydrogen) atoms. The zero-order chi connectivity index (χ0) is 14.4. The van der Waals surface area contributed by atoms with Gasteiger partial charge in [-0.3, -0.25) is 4.68 Å². The highest BCUT2D eigenvalue weighted by atomic mass is 32.2. The van der Waals surface area contributed by atoms with Crippen LogP contribution in [0.1, 0.15) is 50.3 Å². The lowest BCUT2D eigenvalue weighted by Gasteiger charge is -2.26. The van der Waals surface area contributed by atoms with Crippen LogP contribution < -0.4 is 5.32 Å². The molecular formula is C14H23N3O2S. The highest BCUT2D eigenvalue weighted by Gasteiger charge is 2.44. The minimum absolute atomic E-state index is 0.224. The van der Waals surface area contributed by atoms with Crippen molar-refractivity contribution < 1.29 is 8.42 Å². The maximum atomic E-state index is 11.8. The summed E-state index contributed by atoms with van der Waals surface area (Å²) in [6, 6.07) is 0. The highest BCUT2D eigenvalue weighted by molar-refractivity contribution is 7.91. The van der Waals surface area contributed by atoms with E-state index in [1.807, 2.05) is 17.8 Å². The van der Waals surface area contributed by atoms with Crippen molar-refractivity contribution in [2.45, 2.75) is 51.1 Å². The minimum atomic E-state index is -2.91. The molecule has 112 valence electrons. The highest BCUT2D eigenvalue weighted by Crippen LogP contribution is 2.44. The van der Waals surface area contributed by atoms with E-state index in [4.69, 9.17) is 0 Å². The van der Waals surface area contributed by atoms with Crippen LogP contribution in [-0.4, -0.2) is 36.2 Å². The second-order valence-electron chi connectivity index (χ2n) is 6.36. The van der Waals surface area contributed by atoms with Crippen LogP contribution in [0, 0.1) is 0 Å². The maximum absolute atomic E-state index is 11.8. The summed E-state index contributed by atoms with van der Waals surface area (Å²) in [4.78, 5) is 0. The van der Waals surface area contributed by atoms with Crippen molar-refractivity contribution in [1.82, 2.24) is 15.1 Å². The van der Waals surface area contributed by atoms with E-state index in [1.165, 1.54) is 24.1 Å². The third kappa shape index (κ3) is 2.51. The van der Waals surface area contributed by atoms with Gasteiger partial charge in [0, 0.05) is 23.7 Å². The van der Waals surface area contributed by atoms with Gasteiger partial charge in [-0.2, -0.15) is 5.10 Å². The Balaban J connectivity index is 1.95. The zero-order valence-electron chi connectivity index (χ0n) is 12.2. The van der Waals surface area contributed by atoms with Gasteiger partial charge < -0.3 is 5.32 Å². The van der Waals surface area contributed by atoms with Crippen molar-refractivity contribution in [2.75, 3.05) is 18.1 Å². The molecule has 1 aliphatic heterocycles. The Morgan fingerprint density at radius 2 is 2.25 bits per heavy atom. The fourth-order valence-corrected chi connectivity index (χ4v) is 5.28. The molecule has 1 aromatic heterocycles. The van der Waals surface area contributed by atoms with Crippen LogP contribution in [0.4, 0.5) is 0 Å². The van der Waals surface area contributed by atoms with E-state index < -0.39 is 9.84 Å². The molecule has 1 aliphatic carbocycles. The second-order valence-corrected chi connectivity index (χ2v) is 8.54. The van der Waals surface area contributed by atoms with Gasteiger partial charge in [0.15, 0.2) is 9.84 Å². The van der Waals surface area contributed by atoms with Crippen LogP contribution >= 0.6 is 0 Å². The van der Waals surface area contributed by atoms with Gasteiger partial charge in [-0.1, -0.05) is 6.92 Å². The Morgan fingerprint density at radius 1 is 1.50 bits per heavy atom. The first kappa shape index (κ1) is 14.1. The Hall–Kier alpha value is -0.880. The van der Waals surface area contributed by atoms with Gasteiger partial charge in [0.25, 0.3) is 0 Å². The predicted molar refractivity (Wildman–Crippen MR) is 78.5 cm³/mol. The van der Waals surface area contributed by atoms with Gasteiger partial charge in [0.1, 0.15) is 0 Å². The molecule has 1 aromatic rings. The van der Waals surface area contributed by atoms with Crippen molar-refractivity contribution in [3.05, 3.63) is 17.5 Å². The molecular weight excluding hydrogens is 274 g/mol. The average molecular weight is 297 g/mol. The summed E-state index contributed by atoms with van der Waals surface area (Å²) in [5.41, 5.74) is 2.15. The largest absolute Gasteiger partial charge is 0.313 e. The molecule has 1 unspecified atom stereocenters. The van der Waals surface area contributed by atoms with Crippen LogP contribution in [-0.2, 0) is 21.9 Å². The van der Waals surface area contributed by atoms with E-state index in [-0.39, 0.29) is 17.0 Å². The fraction of sp³-hybridized carbons (Fsp3) is 0.786. The summed E-state index contributed by atoms with van der Waals surface area (Å²) < 4.78 is 25.7. The molecule has 1 N–H and O–H groups in total. The second kappa shape index (κ2) is 4.84. The van der Waals surface area contributed by atoms with Crippen LogP contribution in [0.2, 0.25) is 0 Å². The Morgan fingerprint density at radius 3 is 2.80 bits per heavy atom. The van der Waals surface area contributed by atoms with Crippen LogP contribution in [0.5, 0.6) is 0 Å². The van der Waals surface area contributed by atoms with E-state index >= 15 is 0 Å². The Labute approximate surface area is 120 Å². The van der Waals surface area contributed by atoms with E-state index in [2.05, 4.69) is 17.3 Å². The standard InChI is InChI=1S/C14H23N3O2S/c1-3-15-8-12-9-16-17(13(12)11-4-5-11)14(2)6-7-20(18,19)10-14/h9,11,15H,3-8,10H2,1-2H3. The molecule has 1 saturated carbocycles. The Bertz CT molecular complexity index is 604. The molecule has 1 saturated heterocycles. The van der Waals surface area contributed by atoms with Crippen molar-refractivity contribution in [3.63, 3.8) is 0 Å². The van der Waals surface area contributed by atoms with Gasteiger partial charge in [-0.15, -0.1) is 0 Å². The van der Waals surface area contributed by atoms with E-state index in [0.29, 0.717) is 12.3 Å². The Kier molecular flexibility index (Phi) is 3.41. The molecule has 1 atom stereocenters. The molecule has 6 heteroatoms. The average Bonchev–Trinajstić information content (AvgIpc) is 3.06. The number of sulfone groups is 1. The summed E-state index contributed by atoms with van der Waals surface area (Å²) in [7, 11) is -2.91. The monoisotopic (exact) mass is 297 g/mol. The van der Waals surface area contributed by atoms with Gasteiger partial charge in [0.05, 0.1) is 23.2 Å². The van der Waals surface area contributed by atoms with Crippen molar-refractivity contribution in [2.24, 2.45) is 0 Å². The van der Waals surface area contributed by atoms with Gasteiger partial charge in [0.2, 0.25) is 0 Å². The topological polar surface area (TPSA) is 64.0 Å². The zero-order valence-corrected chi connectivity index (χ0v) is 13.0. The van der Waals surface area contributed by atoms with Crippen molar-refractivity contribution >= 4 is 9.84 Å². The number of aromatic nitrogens is 2. The third-order valence-corrected chi connectivity index (χ3v) is 6.30. The van der Waals surface area contributed by atoms with E-state index in [0.717, 1.165) is 13.1 Å². The molecule has 0 bridgehead atoms. The molecule has 0 radical (unpaired) electrons. The molecule has 2 heterocycles. The van der Waals surface area contributed by atoms with E-state index in [1.54, 1.807) is 0 Å². The number of hydrogen-bond donors (Lipinski definition) is 1. The lowest BCUT2D eigenvalue weighted by molar-refractivity contribution is 0.317. The number of rotatable bonds is 5. The first-order chi connectivity index (χ1) is 9.45. The molecule has 0 spiro atoms. The molecule has 2 aliphatic rings. The SMILES string of the molecule is CCNCc1cnn(C2(C)CCS(=O)(=O)C2)c1C1CC1. The van der Waals surface area contributed by atoms with Gasteiger partial charge in [-0.25, -0.2) is 8.42 Å². The van der Waals surface area contributed by atoms with Crippen LogP contribution in [0.3, 0.4) is 0 Å². The fourth-order valence-electron chi connectivity index (χ4n) is 3.17. The van der Waals surface area contributed by atoms with Gasteiger partial charge >= 0.3 is 0 Å². The third-order valence-electron chi connectivity index (χ3n) is 4.41. The smallest absolute Gasteiger partial charge is 0.152 e. The summed E-state index contributed by atoms with van der Waals surface area (Å²) in [6.07, 6.45) is 5.01. The predicted octanol–water partition coefficient (Wildman–Crippen LogP) is 1.40. The van der Waals surface area contributed by atoms with Gasteiger partial charge in [-0.05, 0) is 32.7 Å². The molecule has 5 nitrogen and oxygen atoms in total. The molecule has 0 amide bonds. The van der Waals surface area contributed by atoms with Crippen molar-refractivity contribution in [3.8, 4) is 0 Å². The van der Waals surface area contributed by atoms with Crippen molar-refractivity contribution in [1.29, 1.82) is 0 Å². The lowest BCUT2D eigenvalue weighted by Crippen LogP contribution is -2.34. The number of nitrogens with one attached hydrogen (secondary N) is 1. The molecule has 2 fully saturated rings. The van der Waals surface area contributed by atoms with Crippen LogP contribution in [0.15, 0.2) is 6.20 Å². The maximum Gasteiger partial charge on any atom is 0.152 e. The summed E-state index contributed by atoms with van der Waals surface area (Å²) in [5.74, 6) is 1.09. The quantitative estimate of drug-likeness (QED) is 0.892. The van der Waals surface area contributed by atoms with E-state index in [9.17, 15) is 8.42 Å². The first-order valence-electron chi connectivity index (χ1n) is 7.43. The minimum Gasteiger partial charge on any atom is -0.313 e. The molecule has 0 aromatic carbocycles. The molecule has 3 rings (SSSR count). The normalized spacial score (nSPS) is 28.9. The first-order valence-corrected chi connectivity index (χ1v) is 9.26.